The number of H-pyrrole nitrogens is 1. The quantitative estimate of drug-likeness (QED) is 0.430. The first-order valence-corrected chi connectivity index (χ1v) is 11.8. The second-order valence-electron chi connectivity index (χ2n) is 9.92. The van der Waals surface area contributed by atoms with Gasteiger partial charge in [0, 0.05) is 25.1 Å². The fourth-order valence-electron chi connectivity index (χ4n) is 4.34. The summed E-state index contributed by atoms with van der Waals surface area (Å²) in [5, 5.41) is 19.8. The SMILES string of the molecule is CC(NC(=O)OC(C)(C)C)C(=O)Nc1cccc2nn3c(C4CCN(C(=O)O)CC4)cc(=O)[nH]c3c12. The van der Waals surface area contributed by atoms with Gasteiger partial charge < -0.3 is 30.4 Å². The van der Waals surface area contributed by atoms with Crippen LogP contribution in [0, 0.1) is 0 Å². The second-order valence-corrected chi connectivity index (χ2v) is 9.92. The van der Waals surface area contributed by atoms with E-state index < -0.39 is 29.7 Å². The maximum atomic E-state index is 12.8. The van der Waals surface area contributed by atoms with Crippen LogP contribution in [-0.2, 0) is 9.53 Å². The zero-order valence-corrected chi connectivity index (χ0v) is 20.6. The molecule has 0 spiro atoms. The molecule has 36 heavy (non-hydrogen) atoms. The van der Waals surface area contributed by atoms with Crippen LogP contribution in [0.4, 0.5) is 15.3 Å². The van der Waals surface area contributed by atoms with Crippen molar-refractivity contribution in [1.82, 2.24) is 24.8 Å². The minimum Gasteiger partial charge on any atom is -0.465 e. The minimum atomic E-state index is -0.954. The Labute approximate surface area is 206 Å². The van der Waals surface area contributed by atoms with Gasteiger partial charge in [-0.25, -0.2) is 14.1 Å². The monoisotopic (exact) mass is 498 g/mol. The lowest BCUT2D eigenvalue weighted by atomic mass is 9.93. The molecule has 1 aliphatic heterocycles. The van der Waals surface area contributed by atoms with Crippen LogP contribution in [0.5, 0.6) is 0 Å². The van der Waals surface area contributed by atoms with Crippen LogP contribution >= 0.6 is 0 Å². The largest absolute Gasteiger partial charge is 0.465 e. The van der Waals surface area contributed by atoms with Gasteiger partial charge in [0.2, 0.25) is 5.91 Å². The molecule has 1 saturated heterocycles. The fourth-order valence-corrected chi connectivity index (χ4v) is 4.34. The lowest BCUT2D eigenvalue weighted by Crippen LogP contribution is -2.44. The highest BCUT2D eigenvalue weighted by atomic mass is 16.6. The number of likely N-dealkylation sites (tertiary alicyclic amines) is 1. The number of alkyl carbamates (subject to hydrolysis) is 1. The molecule has 4 N–H and O–H groups in total. The molecule has 12 nitrogen and oxygen atoms in total. The van der Waals surface area contributed by atoms with E-state index in [1.807, 2.05) is 0 Å². The van der Waals surface area contributed by atoms with Gasteiger partial charge in [-0.1, -0.05) is 6.07 Å². The molecule has 0 saturated carbocycles. The number of ether oxygens (including phenoxy) is 1. The summed E-state index contributed by atoms with van der Waals surface area (Å²) in [4.78, 5) is 52.9. The van der Waals surface area contributed by atoms with Gasteiger partial charge >= 0.3 is 12.2 Å². The normalized spacial score (nSPS) is 15.6. The van der Waals surface area contributed by atoms with Crippen LogP contribution in [0.3, 0.4) is 0 Å². The van der Waals surface area contributed by atoms with Crippen molar-refractivity contribution in [2.45, 2.75) is 58.1 Å². The maximum absolute atomic E-state index is 12.8. The lowest BCUT2D eigenvalue weighted by molar-refractivity contribution is -0.117. The van der Waals surface area contributed by atoms with Gasteiger partial charge in [-0.15, -0.1) is 0 Å². The zero-order chi connectivity index (χ0) is 26.2. The van der Waals surface area contributed by atoms with E-state index in [0.29, 0.717) is 53.9 Å². The van der Waals surface area contributed by atoms with E-state index in [1.54, 1.807) is 50.4 Å². The van der Waals surface area contributed by atoms with Crippen molar-refractivity contribution in [2.24, 2.45) is 0 Å². The molecule has 4 rings (SSSR count). The number of anilines is 1. The van der Waals surface area contributed by atoms with E-state index >= 15 is 0 Å². The number of rotatable bonds is 4. The number of nitrogens with one attached hydrogen (secondary N) is 3. The molecule has 1 unspecified atom stereocenters. The molecule has 12 heteroatoms. The van der Waals surface area contributed by atoms with E-state index in [-0.39, 0.29) is 11.5 Å². The summed E-state index contributed by atoms with van der Waals surface area (Å²) in [5.74, 6) is -0.511. The summed E-state index contributed by atoms with van der Waals surface area (Å²) in [6.45, 7) is 7.48. The molecule has 3 amide bonds. The standard InChI is InChI=1S/C24H30N6O6/c1-13(25-22(33)36-24(2,3)4)21(32)26-15-6-5-7-16-19(15)20-27-18(31)12-17(30(20)28-16)14-8-10-29(11-9-14)23(34)35/h5-7,12-14H,8-11H2,1-4H3,(H,25,33)(H,26,32)(H,27,31)(H,34,35). The molecular formula is C24H30N6O6. The third kappa shape index (κ3) is 5.26. The fraction of sp³-hybridized carbons (Fsp3) is 0.458. The Morgan fingerprint density at radius 1 is 1.22 bits per heavy atom. The van der Waals surface area contributed by atoms with Gasteiger partial charge in [0.05, 0.1) is 22.3 Å². The van der Waals surface area contributed by atoms with Crippen LogP contribution in [-0.4, -0.2) is 67.4 Å². The number of carbonyl (C=O) groups is 3. The number of carbonyl (C=O) groups excluding carboxylic acids is 2. The summed E-state index contributed by atoms with van der Waals surface area (Å²) in [7, 11) is 0. The highest BCUT2D eigenvalue weighted by Crippen LogP contribution is 2.31. The molecule has 2 aromatic heterocycles. The third-order valence-corrected chi connectivity index (χ3v) is 6.03. The summed E-state index contributed by atoms with van der Waals surface area (Å²) in [6, 6.07) is 5.81. The van der Waals surface area contributed by atoms with Crippen LogP contribution in [0.15, 0.2) is 29.1 Å². The number of aromatic nitrogens is 3. The Morgan fingerprint density at radius 3 is 2.56 bits per heavy atom. The maximum Gasteiger partial charge on any atom is 0.408 e. The molecular weight excluding hydrogens is 468 g/mol. The Balaban J connectivity index is 1.63. The number of fused-ring (bicyclic) bond motifs is 3. The van der Waals surface area contributed by atoms with E-state index in [1.165, 1.54) is 11.0 Å². The molecule has 192 valence electrons. The predicted molar refractivity (Wildman–Crippen MR) is 132 cm³/mol. The Hall–Kier alpha value is -4.09. The average molecular weight is 499 g/mol. The summed E-state index contributed by atoms with van der Waals surface area (Å²) >= 11 is 0. The molecule has 0 aliphatic carbocycles. The smallest absolute Gasteiger partial charge is 0.408 e. The van der Waals surface area contributed by atoms with Crippen molar-refractivity contribution in [3.8, 4) is 0 Å². The number of hydrogen-bond donors (Lipinski definition) is 4. The van der Waals surface area contributed by atoms with Crippen LogP contribution in [0.25, 0.3) is 16.6 Å². The first-order chi connectivity index (χ1) is 16.9. The summed E-state index contributed by atoms with van der Waals surface area (Å²) < 4.78 is 6.87. The number of amides is 3. The van der Waals surface area contributed by atoms with Crippen molar-refractivity contribution in [3.05, 3.63) is 40.3 Å². The van der Waals surface area contributed by atoms with Crippen molar-refractivity contribution in [3.63, 3.8) is 0 Å². The van der Waals surface area contributed by atoms with E-state index in [4.69, 9.17) is 4.74 Å². The van der Waals surface area contributed by atoms with Crippen molar-refractivity contribution in [2.75, 3.05) is 18.4 Å². The number of piperidine rings is 1. The summed E-state index contributed by atoms with van der Waals surface area (Å²) in [6.07, 6.45) is -0.524. The first-order valence-electron chi connectivity index (χ1n) is 11.8. The van der Waals surface area contributed by atoms with Crippen molar-refractivity contribution >= 4 is 40.3 Å². The molecule has 0 radical (unpaired) electrons. The highest BCUT2D eigenvalue weighted by molar-refractivity contribution is 6.08. The topological polar surface area (TPSA) is 158 Å². The van der Waals surface area contributed by atoms with Crippen LogP contribution in [0.1, 0.15) is 52.1 Å². The van der Waals surface area contributed by atoms with Gasteiger partial charge in [0.1, 0.15) is 17.3 Å². The molecule has 1 fully saturated rings. The molecule has 3 aromatic rings. The number of hydrogen-bond acceptors (Lipinski definition) is 6. The minimum absolute atomic E-state index is 0.0456. The highest BCUT2D eigenvalue weighted by Gasteiger charge is 2.27. The molecule has 1 aliphatic rings. The van der Waals surface area contributed by atoms with Crippen LogP contribution in [0.2, 0.25) is 0 Å². The Morgan fingerprint density at radius 2 is 1.92 bits per heavy atom. The molecule has 0 bridgehead atoms. The van der Waals surface area contributed by atoms with Crippen LogP contribution < -0.4 is 16.2 Å². The van der Waals surface area contributed by atoms with Gasteiger partial charge in [-0.05, 0) is 52.7 Å². The van der Waals surface area contributed by atoms with Crippen molar-refractivity contribution < 1.29 is 24.2 Å². The van der Waals surface area contributed by atoms with E-state index in [0.717, 1.165) is 0 Å². The first kappa shape index (κ1) is 25.0. The zero-order valence-electron chi connectivity index (χ0n) is 20.6. The summed E-state index contributed by atoms with van der Waals surface area (Å²) in [5.41, 5.74) is 1.09. The van der Waals surface area contributed by atoms with Gasteiger partial charge in [-0.2, -0.15) is 5.10 Å². The number of nitrogens with zero attached hydrogens (tertiary/aromatic N) is 3. The molecule has 3 heterocycles. The predicted octanol–water partition coefficient (Wildman–Crippen LogP) is 2.88. The Kier molecular flexibility index (Phi) is 6.61. The Bertz CT molecular complexity index is 1380. The number of carboxylic acid groups (broad SMARTS) is 1. The van der Waals surface area contributed by atoms with E-state index in [2.05, 4.69) is 20.7 Å². The molecule has 1 atom stereocenters. The number of aromatic amines is 1. The second kappa shape index (κ2) is 9.51. The van der Waals surface area contributed by atoms with E-state index in [9.17, 15) is 24.3 Å². The average Bonchev–Trinajstić information content (AvgIpc) is 3.16. The number of benzene rings is 1. The van der Waals surface area contributed by atoms with Gasteiger partial charge in [-0.3, -0.25) is 9.59 Å². The lowest BCUT2D eigenvalue weighted by Gasteiger charge is -2.30. The molecule has 1 aromatic carbocycles. The van der Waals surface area contributed by atoms with Crippen molar-refractivity contribution in [1.29, 1.82) is 0 Å². The van der Waals surface area contributed by atoms with Gasteiger partial charge in [0.25, 0.3) is 5.56 Å². The van der Waals surface area contributed by atoms with Gasteiger partial charge in [0.15, 0.2) is 0 Å². The third-order valence-electron chi connectivity index (χ3n) is 6.03.